The molecule has 0 radical (unpaired) electrons. The molecular weight excluding hydrogens is 431 g/mol. The zero-order valence-corrected chi connectivity index (χ0v) is 19.3. The number of aryl methyl sites for hydroxylation is 2. The molecule has 2 N–H and O–H groups in total. The predicted molar refractivity (Wildman–Crippen MR) is 121 cm³/mol. The first-order valence-electron chi connectivity index (χ1n) is 10.3. The molecule has 0 unspecified atom stereocenters. The molecule has 170 valence electrons. The molecule has 0 bridgehead atoms. The molecule has 0 atom stereocenters. The van der Waals surface area contributed by atoms with Crippen LogP contribution in [0, 0.1) is 19.7 Å². The summed E-state index contributed by atoms with van der Waals surface area (Å²) in [6.45, 7) is 7.60. The van der Waals surface area contributed by atoms with Crippen molar-refractivity contribution in [1.82, 2.24) is 19.8 Å². The third-order valence-corrected chi connectivity index (χ3v) is 6.61. The molecule has 0 saturated heterocycles. The third kappa shape index (κ3) is 5.23. The Bertz CT molecular complexity index is 1220. The van der Waals surface area contributed by atoms with Gasteiger partial charge in [-0.3, -0.25) is 4.79 Å². The van der Waals surface area contributed by atoms with E-state index in [-0.39, 0.29) is 35.6 Å². The first kappa shape index (κ1) is 23.6. The van der Waals surface area contributed by atoms with Gasteiger partial charge in [0.2, 0.25) is 10.0 Å². The molecule has 0 spiro atoms. The summed E-state index contributed by atoms with van der Waals surface area (Å²) in [7, 11) is -3.68. The standard InChI is InChI=1S/C23H27FN4O3S/c1-15(2)22-20(14-26-28(22)19-9-7-18(24)8-10-19)23(29)25-11-12-27-32(30,31)21-13-16(3)5-6-17(21)4/h5-10,13-15,27H,11-12H2,1-4H3,(H,25,29). The number of benzene rings is 2. The summed E-state index contributed by atoms with van der Waals surface area (Å²) in [6.07, 6.45) is 1.47. The first-order chi connectivity index (χ1) is 15.1. The van der Waals surface area contributed by atoms with Gasteiger partial charge in [-0.15, -0.1) is 0 Å². The number of hydrogen-bond donors (Lipinski definition) is 2. The average Bonchev–Trinajstić information content (AvgIpc) is 3.19. The van der Waals surface area contributed by atoms with Gasteiger partial charge < -0.3 is 5.32 Å². The van der Waals surface area contributed by atoms with Gasteiger partial charge in [-0.05, 0) is 61.2 Å². The topological polar surface area (TPSA) is 93.1 Å². The van der Waals surface area contributed by atoms with Crippen LogP contribution in [0.3, 0.4) is 0 Å². The summed E-state index contributed by atoms with van der Waals surface area (Å²) < 4.78 is 42.6. The Morgan fingerprint density at radius 2 is 1.78 bits per heavy atom. The van der Waals surface area contributed by atoms with Gasteiger partial charge in [-0.1, -0.05) is 26.0 Å². The van der Waals surface area contributed by atoms with Crippen molar-refractivity contribution in [3.63, 3.8) is 0 Å². The molecule has 0 aliphatic rings. The van der Waals surface area contributed by atoms with Crippen LogP contribution in [0.25, 0.3) is 5.69 Å². The zero-order chi connectivity index (χ0) is 23.5. The number of nitrogens with one attached hydrogen (secondary N) is 2. The van der Waals surface area contributed by atoms with Gasteiger partial charge in [-0.25, -0.2) is 22.2 Å². The van der Waals surface area contributed by atoms with E-state index in [2.05, 4.69) is 15.1 Å². The normalized spacial score (nSPS) is 11.7. The SMILES string of the molecule is Cc1ccc(C)c(S(=O)(=O)NCCNC(=O)c2cnn(-c3ccc(F)cc3)c2C(C)C)c1. The van der Waals surface area contributed by atoms with Crippen molar-refractivity contribution in [3.05, 3.63) is 76.9 Å². The minimum Gasteiger partial charge on any atom is -0.351 e. The molecule has 3 aromatic rings. The first-order valence-corrected chi connectivity index (χ1v) is 11.8. The number of sulfonamides is 1. The van der Waals surface area contributed by atoms with E-state index in [9.17, 15) is 17.6 Å². The number of halogens is 1. The summed E-state index contributed by atoms with van der Waals surface area (Å²) in [5.74, 6) is -0.729. The minimum atomic E-state index is -3.68. The molecule has 2 aromatic carbocycles. The monoisotopic (exact) mass is 458 g/mol. The molecule has 1 aromatic heterocycles. The van der Waals surface area contributed by atoms with Crippen molar-refractivity contribution in [2.75, 3.05) is 13.1 Å². The van der Waals surface area contributed by atoms with Gasteiger partial charge in [-0.2, -0.15) is 5.10 Å². The van der Waals surface area contributed by atoms with E-state index in [4.69, 9.17) is 0 Å². The van der Waals surface area contributed by atoms with Crippen LogP contribution in [0.5, 0.6) is 0 Å². The molecule has 3 rings (SSSR count). The summed E-state index contributed by atoms with van der Waals surface area (Å²) in [5, 5.41) is 7.04. The van der Waals surface area contributed by atoms with Crippen molar-refractivity contribution >= 4 is 15.9 Å². The molecule has 1 amide bonds. The molecule has 0 saturated carbocycles. The number of hydrogen-bond acceptors (Lipinski definition) is 4. The van der Waals surface area contributed by atoms with Crippen molar-refractivity contribution < 1.29 is 17.6 Å². The second-order valence-electron chi connectivity index (χ2n) is 7.91. The Kier molecular flexibility index (Phi) is 7.10. The Labute approximate surface area is 187 Å². The van der Waals surface area contributed by atoms with E-state index < -0.39 is 10.0 Å². The minimum absolute atomic E-state index is 0.0221. The van der Waals surface area contributed by atoms with E-state index in [0.29, 0.717) is 22.5 Å². The fourth-order valence-corrected chi connectivity index (χ4v) is 4.77. The van der Waals surface area contributed by atoms with Gasteiger partial charge in [0.15, 0.2) is 0 Å². The second-order valence-corrected chi connectivity index (χ2v) is 9.64. The molecule has 0 aliphatic heterocycles. The van der Waals surface area contributed by atoms with Crippen molar-refractivity contribution in [2.45, 2.75) is 38.5 Å². The van der Waals surface area contributed by atoms with E-state index in [1.54, 1.807) is 35.9 Å². The summed E-state index contributed by atoms with van der Waals surface area (Å²) in [6, 6.07) is 11.1. The van der Waals surface area contributed by atoms with E-state index >= 15 is 0 Å². The van der Waals surface area contributed by atoms with Gasteiger partial charge in [0.1, 0.15) is 5.82 Å². The van der Waals surface area contributed by atoms with Gasteiger partial charge in [0.25, 0.3) is 5.91 Å². The molecule has 7 nitrogen and oxygen atoms in total. The van der Waals surface area contributed by atoms with Crippen LogP contribution in [-0.4, -0.2) is 37.2 Å². The highest BCUT2D eigenvalue weighted by molar-refractivity contribution is 7.89. The van der Waals surface area contributed by atoms with Crippen LogP contribution in [0.2, 0.25) is 0 Å². The lowest BCUT2D eigenvalue weighted by Gasteiger charge is -2.13. The predicted octanol–water partition coefficient (Wildman–Crippen LogP) is 3.46. The number of rotatable bonds is 8. The summed E-state index contributed by atoms with van der Waals surface area (Å²) in [4.78, 5) is 13.0. The number of amides is 1. The highest BCUT2D eigenvalue weighted by Crippen LogP contribution is 2.23. The number of aromatic nitrogens is 2. The van der Waals surface area contributed by atoms with Crippen LogP contribution >= 0.6 is 0 Å². The molecule has 1 heterocycles. The summed E-state index contributed by atoms with van der Waals surface area (Å²) in [5.41, 5.74) is 3.23. The van der Waals surface area contributed by atoms with Crippen LogP contribution in [0.1, 0.15) is 46.9 Å². The lowest BCUT2D eigenvalue weighted by atomic mass is 10.1. The van der Waals surface area contributed by atoms with Crippen molar-refractivity contribution in [2.24, 2.45) is 0 Å². The van der Waals surface area contributed by atoms with Crippen LogP contribution < -0.4 is 10.0 Å². The maximum absolute atomic E-state index is 13.3. The number of carbonyl (C=O) groups is 1. The van der Waals surface area contributed by atoms with Crippen molar-refractivity contribution in [1.29, 1.82) is 0 Å². The Balaban J connectivity index is 1.68. The highest BCUT2D eigenvalue weighted by atomic mass is 32.2. The van der Waals surface area contributed by atoms with Gasteiger partial charge in [0, 0.05) is 13.1 Å². The quantitative estimate of drug-likeness (QED) is 0.506. The molecule has 0 fully saturated rings. The third-order valence-electron chi connectivity index (χ3n) is 5.00. The Morgan fingerprint density at radius 3 is 2.44 bits per heavy atom. The molecule has 32 heavy (non-hydrogen) atoms. The highest BCUT2D eigenvalue weighted by Gasteiger charge is 2.21. The molecule has 0 aliphatic carbocycles. The fraction of sp³-hybridized carbons (Fsp3) is 0.304. The number of nitrogens with zero attached hydrogens (tertiary/aromatic N) is 2. The Morgan fingerprint density at radius 1 is 1.09 bits per heavy atom. The van der Waals surface area contributed by atoms with Gasteiger partial charge >= 0.3 is 0 Å². The largest absolute Gasteiger partial charge is 0.351 e. The fourth-order valence-electron chi connectivity index (χ4n) is 3.41. The van der Waals surface area contributed by atoms with Crippen LogP contribution in [-0.2, 0) is 10.0 Å². The van der Waals surface area contributed by atoms with Crippen LogP contribution in [0.4, 0.5) is 4.39 Å². The smallest absolute Gasteiger partial charge is 0.254 e. The van der Waals surface area contributed by atoms with E-state index in [1.165, 1.54) is 18.3 Å². The Hall–Kier alpha value is -3.04. The van der Waals surface area contributed by atoms with Crippen LogP contribution in [0.15, 0.2) is 53.6 Å². The number of carbonyl (C=O) groups excluding carboxylic acids is 1. The van der Waals surface area contributed by atoms with E-state index in [1.807, 2.05) is 26.8 Å². The zero-order valence-electron chi connectivity index (χ0n) is 18.5. The molecular formula is C23H27FN4O3S. The molecule has 9 heteroatoms. The summed E-state index contributed by atoms with van der Waals surface area (Å²) >= 11 is 0. The van der Waals surface area contributed by atoms with Crippen molar-refractivity contribution in [3.8, 4) is 5.69 Å². The lowest BCUT2D eigenvalue weighted by Crippen LogP contribution is -2.35. The maximum Gasteiger partial charge on any atom is 0.254 e. The van der Waals surface area contributed by atoms with Gasteiger partial charge in [0.05, 0.1) is 28.0 Å². The maximum atomic E-state index is 13.3. The average molecular weight is 459 g/mol. The van der Waals surface area contributed by atoms with E-state index in [0.717, 1.165) is 5.56 Å². The lowest BCUT2D eigenvalue weighted by molar-refractivity contribution is 0.0953. The second kappa shape index (κ2) is 9.62.